The highest BCUT2D eigenvalue weighted by molar-refractivity contribution is 5.77. The normalized spacial score (nSPS) is 10.4. The monoisotopic (exact) mass is 197 g/mol. The van der Waals surface area contributed by atoms with Crippen LogP contribution in [0.15, 0.2) is 59.8 Å². The second kappa shape index (κ2) is 4.91. The van der Waals surface area contributed by atoms with Crippen molar-refractivity contribution in [3.8, 4) is 0 Å². The van der Waals surface area contributed by atoms with Gasteiger partial charge in [-0.3, -0.25) is 10.4 Å². The van der Waals surface area contributed by atoms with Crippen molar-refractivity contribution >= 4 is 11.9 Å². The molecule has 1 N–H and O–H groups in total. The Balaban J connectivity index is 1.97. The molecule has 0 radical (unpaired) electrons. The molecule has 0 aliphatic carbocycles. The maximum atomic E-state index is 4.12. The molecule has 0 amide bonds. The average Bonchev–Trinajstić information content (AvgIpc) is 2.32. The number of pyridine rings is 1. The van der Waals surface area contributed by atoms with Crippen molar-refractivity contribution in [3.05, 3.63) is 60.4 Å². The van der Waals surface area contributed by atoms with Crippen LogP contribution in [0.3, 0.4) is 0 Å². The van der Waals surface area contributed by atoms with E-state index in [1.165, 1.54) is 0 Å². The summed E-state index contributed by atoms with van der Waals surface area (Å²) in [6, 6.07) is 15.5. The van der Waals surface area contributed by atoms with Crippen LogP contribution < -0.4 is 5.43 Å². The van der Waals surface area contributed by atoms with E-state index in [0.29, 0.717) is 0 Å². The van der Waals surface area contributed by atoms with Gasteiger partial charge in [0.1, 0.15) is 0 Å². The van der Waals surface area contributed by atoms with Crippen LogP contribution in [0.2, 0.25) is 0 Å². The molecule has 1 heterocycles. The zero-order chi connectivity index (χ0) is 10.3. The highest BCUT2D eigenvalue weighted by Crippen LogP contribution is 2.04. The summed E-state index contributed by atoms with van der Waals surface area (Å²) in [6.07, 6.45) is 3.43. The lowest BCUT2D eigenvalue weighted by Crippen LogP contribution is -1.91. The second-order valence-corrected chi connectivity index (χ2v) is 2.99. The summed E-state index contributed by atoms with van der Waals surface area (Å²) in [7, 11) is 0. The first-order valence-electron chi connectivity index (χ1n) is 4.70. The van der Waals surface area contributed by atoms with Crippen molar-refractivity contribution in [3.63, 3.8) is 0 Å². The van der Waals surface area contributed by atoms with E-state index in [1.807, 2.05) is 48.5 Å². The van der Waals surface area contributed by atoms with Gasteiger partial charge in [0.2, 0.25) is 0 Å². The number of rotatable bonds is 3. The van der Waals surface area contributed by atoms with Crippen LogP contribution >= 0.6 is 0 Å². The van der Waals surface area contributed by atoms with E-state index < -0.39 is 0 Å². The number of hydrogen-bond donors (Lipinski definition) is 1. The number of nitrogens with zero attached hydrogens (tertiary/aromatic N) is 2. The van der Waals surface area contributed by atoms with Gasteiger partial charge in [0.15, 0.2) is 0 Å². The fourth-order valence-electron chi connectivity index (χ4n) is 1.14. The summed E-state index contributed by atoms with van der Waals surface area (Å²) in [5.41, 5.74) is 4.72. The summed E-state index contributed by atoms with van der Waals surface area (Å²) in [5.74, 6) is 0. The van der Waals surface area contributed by atoms with Crippen LogP contribution in [-0.2, 0) is 0 Å². The average molecular weight is 197 g/mol. The predicted molar refractivity (Wildman–Crippen MR) is 61.9 cm³/mol. The van der Waals surface area contributed by atoms with Gasteiger partial charge in [-0.15, -0.1) is 0 Å². The molecule has 3 nitrogen and oxygen atoms in total. The minimum absolute atomic E-state index is 0.834. The van der Waals surface area contributed by atoms with Crippen molar-refractivity contribution in [2.45, 2.75) is 0 Å². The Bertz CT molecular complexity index is 423. The van der Waals surface area contributed by atoms with Crippen molar-refractivity contribution in [2.75, 3.05) is 5.43 Å². The van der Waals surface area contributed by atoms with Crippen LogP contribution in [0.4, 0.5) is 5.69 Å². The van der Waals surface area contributed by atoms with Crippen LogP contribution in [0.25, 0.3) is 0 Å². The van der Waals surface area contributed by atoms with Crippen molar-refractivity contribution in [2.24, 2.45) is 5.10 Å². The molecular weight excluding hydrogens is 186 g/mol. The van der Waals surface area contributed by atoms with Crippen molar-refractivity contribution in [1.29, 1.82) is 0 Å². The van der Waals surface area contributed by atoms with Gasteiger partial charge in [-0.1, -0.05) is 24.3 Å². The largest absolute Gasteiger partial charge is 0.278 e. The molecule has 0 aliphatic heterocycles. The molecule has 15 heavy (non-hydrogen) atoms. The SMILES string of the molecule is C(=N\Nc1ccccc1)/c1ccccn1. The van der Waals surface area contributed by atoms with E-state index in [0.717, 1.165) is 11.4 Å². The molecule has 2 aromatic rings. The minimum Gasteiger partial charge on any atom is -0.278 e. The van der Waals surface area contributed by atoms with E-state index in [9.17, 15) is 0 Å². The van der Waals surface area contributed by atoms with E-state index in [-0.39, 0.29) is 0 Å². The Kier molecular flexibility index (Phi) is 3.07. The van der Waals surface area contributed by atoms with E-state index >= 15 is 0 Å². The Morgan fingerprint density at radius 1 is 1.00 bits per heavy atom. The first kappa shape index (κ1) is 9.40. The Labute approximate surface area is 88.5 Å². The lowest BCUT2D eigenvalue weighted by Gasteiger charge is -1.97. The van der Waals surface area contributed by atoms with Crippen LogP contribution in [-0.4, -0.2) is 11.2 Å². The van der Waals surface area contributed by atoms with Gasteiger partial charge < -0.3 is 0 Å². The molecule has 1 aromatic carbocycles. The summed E-state index contributed by atoms with van der Waals surface area (Å²) < 4.78 is 0. The van der Waals surface area contributed by atoms with Crippen LogP contribution in [0.1, 0.15) is 5.69 Å². The fraction of sp³-hybridized carbons (Fsp3) is 0. The maximum Gasteiger partial charge on any atom is 0.0830 e. The Morgan fingerprint density at radius 3 is 2.53 bits per heavy atom. The van der Waals surface area contributed by atoms with Crippen molar-refractivity contribution < 1.29 is 0 Å². The van der Waals surface area contributed by atoms with Gasteiger partial charge >= 0.3 is 0 Å². The lowest BCUT2D eigenvalue weighted by molar-refractivity contribution is 1.28. The fourth-order valence-corrected chi connectivity index (χ4v) is 1.14. The maximum absolute atomic E-state index is 4.12. The smallest absolute Gasteiger partial charge is 0.0830 e. The standard InChI is InChI=1S/C12H11N3/c1-2-6-11(7-3-1)15-14-10-12-8-4-5-9-13-12/h1-10,15H/b14-10+. The van der Waals surface area contributed by atoms with E-state index in [2.05, 4.69) is 15.5 Å². The number of benzene rings is 1. The van der Waals surface area contributed by atoms with Crippen LogP contribution in [0.5, 0.6) is 0 Å². The summed E-state index contributed by atoms with van der Waals surface area (Å²) in [4.78, 5) is 4.12. The molecule has 0 aliphatic rings. The third-order valence-electron chi connectivity index (χ3n) is 1.85. The molecular formula is C12H11N3. The number of aromatic nitrogens is 1. The van der Waals surface area contributed by atoms with Gasteiger partial charge in [-0.05, 0) is 24.3 Å². The third-order valence-corrected chi connectivity index (χ3v) is 1.85. The first-order valence-corrected chi connectivity index (χ1v) is 4.70. The molecule has 0 saturated carbocycles. The van der Waals surface area contributed by atoms with Gasteiger partial charge in [-0.25, -0.2) is 0 Å². The Morgan fingerprint density at radius 2 is 1.80 bits per heavy atom. The van der Waals surface area contributed by atoms with E-state index in [4.69, 9.17) is 0 Å². The quantitative estimate of drug-likeness (QED) is 0.606. The molecule has 0 spiro atoms. The lowest BCUT2D eigenvalue weighted by atomic mass is 10.3. The topological polar surface area (TPSA) is 37.3 Å². The number of hydrogen-bond acceptors (Lipinski definition) is 3. The van der Waals surface area contributed by atoms with Gasteiger partial charge in [0, 0.05) is 6.20 Å². The molecule has 1 aromatic heterocycles. The molecule has 0 bridgehead atoms. The van der Waals surface area contributed by atoms with E-state index in [1.54, 1.807) is 12.4 Å². The number of hydrazone groups is 1. The Hall–Kier alpha value is -2.16. The molecule has 0 saturated heterocycles. The number of para-hydroxylation sites is 1. The second-order valence-electron chi connectivity index (χ2n) is 2.99. The molecule has 0 unspecified atom stereocenters. The molecule has 2 rings (SSSR count). The summed E-state index contributed by atoms with van der Waals surface area (Å²) in [6.45, 7) is 0. The molecule has 3 heteroatoms. The highest BCUT2D eigenvalue weighted by Gasteiger charge is 1.86. The summed E-state index contributed by atoms with van der Waals surface area (Å²) >= 11 is 0. The van der Waals surface area contributed by atoms with Gasteiger partial charge in [0.25, 0.3) is 0 Å². The summed E-state index contributed by atoms with van der Waals surface area (Å²) in [5, 5.41) is 4.07. The molecule has 74 valence electrons. The number of anilines is 1. The molecule has 0 fully saturated rings. The third kappa shape index (κ3) is 2.91. The minimum atomic E-state index is 0.834. The molecule has 0 atom stereocenters. The first-order chi connectivity index (χ1) is 7.45. The zero-order valence-electron chi connectivity index (χ0n) is 8.17. The van der Waals surface area contributed by atoms with Gasteiger partial charge in [-0.2, -0.15) is 5.10 Å². The highest BCUT2D eigenvalue weighted by atomic mass is 15.3. The van der Waals surface area contributed by atoms with Gasteiger partial charge in [0.05, 0.1) is 17.6 Å². The predicted octanol–water partition coefficient (Wildman–Crippen LogP) is 2.53. The van der Waals surface area contributed by atoms with Crippen LogP contribution in [0, 0.1) is 0 Å². The number of nitrogens with one attached hydrogen (secondary N) is 1. The van der Waals surface area contributed by atoms with Crippen molar-refractivity contribution in [1.82, 2.24) is 4.98 Å². The zero-order valence-corrected chi connectivity index (χ0v) is 8.17.